The molecule has 0 radical (unpaired) electrons. The third-order valence-electron chi connectivity index (χ3n) is 3.06. The van der Waals surface area contributed by atoms with Gasteiger partial charge in [-0.15, -0.1) is 0 Å². The Kier molecular flexibility index (Phi) is 3.61. The van der Waals surface area contributed by atoms with Gasteiger partial charge in [-0.05, 0) is 30.2 Å². The van der Waals surface area contributed by atoms with E-state index < -0.39 is 6.10 Å². The number of hydrogen-bond acceptors (Lipinski definition) is 3. The third kappa shape index (κ3) is 2.40. The topological polar surface area (TPSA) is 59.4 Å². The van der Waals surface area contributed by atoms with E-state index in [1.807, 2.05) is 31.2 Å². The van der Waals surface area contributed by atoms with Gasteiger partial charge in [0, 0.05) is 12.5 Å². The van der Waals surface area contributed by atoms with E-state index in [1.165, 1.54) is 0 Å². The summed E-state index contributed by atoms with van der Waals surface area (Å²) in [6.45, 7) is 2.40. The minimum absolute atomic E-state index is 0.137. The first-order valence-electron chi connectivity index (χ1n) is 5.71. The van der Waals surface area contributed by atoms with Crippen molar-refractivity contribution in [2.24, 2.45) is 5.73 Å². The molecule has 3 N–H and O–H groups in total. The predicted molar refractivity (Wildman–Crippen MR) is 66.6 cm³/mol. The Morgan fingerprint density at radius 3 is 2.59 bits per heavy atom. The van der Waals surface area contributed by atoms with Crippen LogP contribution in [-0.2, 0) is 0 Å². The van der Waals surface area contributed by atoms with Crippen molar-refractivity contribution in [3.05, 3.63) is 59.5 Å². The maximum Gasteiger partial charge on any atom is 0.132 e. The molecule has 2 unspecified atom stereocenters. The normalized spacial score (nSPS) is 14.5. The number of rotatable bonds is 4. The molecule has 2 atom stereocenters. The molecule has 0 aliphatic carbocycles. The summed E-state index contributed by atoms with van der Waals surface area (Å²) in [4.78, 5) is 0. The highest BCUT2D eigenvalue weighted by Gasteiger charge is 2.24. The van der Waals surface area contributed by atoms with Gasteiger partial charge in [0.15, 0.2) is 0 Å². The number of aryl methyl sites for hydroxylation is 1. The van der Waals surface area contributed by atoms with E-state index in [2.05, 4.69) is 0 Å². The lowest BCUT2D eigenvalue weighted by atomic mass is 9.89. The summed E-state index contributed by atoms with van der Waals surface area (Å²) in [5, 5.41) is 10.3. The molecule has 0 aliphatic heterocycles. The zero-order valence-corrected chi connectivity index (χ0v) is 9.84. The van der Waals surface area contributed by atoms with Crippen LogP contribution in [0, 0.1) is 6.92 Å². The molecule has 2 aromatic rings. The lowest BCUT2D eigenvalue weighted by Gasteiger charge is -2.21. The average Bonchev–Trinajstić information content (AvgIpc) is 2.86. The van der Waals surface area contributed by atoms with Gasteiger partial charge in [-0.1, -0.05) is 24.3 Å². The van der Waals surface area contributed by atoms with Crippen molar-refractivity contribution in [2.45, 2.75) is 18.9 Å². The quantitative estimate of drug-likeness (QED) is 0.849. The molecule has 0 amide bonds. The first-order valence-corrected chi connectivity index (χ1v) is 5.71. The zero-order chi connectivity index (χ0) is 12.3. The van der Waals surface area contributed by atoms with E-state index in [0.29, 0.717) is 12.3 Å². The fourth-order valence-electron chi connectivity index (χ4n) is 2.09. The third-order valence-corrected chi connectivity index (χ3v) is 3.06. The van der Waals surface area contributed by atoms with Gasteiger partial charge in [0.2, 0.25) is 0 Å². The van der Waals surface area contributed by atoms with E-state index in [4.69, 9.17) is 10.2 Å². The molecule has 0 spiro atoms. The molecular weight excluding hydrogens is 214 g/mol. The maximum absolute atomic E-state index is 10.3. The minimum atomic E-state index is -0.698. The first kappa shape index (κ1) is 11.9. The van der Waals surface area contributed by atoms with Crippen molar-refractivity contribution in [1.82, 2.24) is 0 Å². The van der Waals surface area contributed by atoms with Gasteiger partial charge < -0.3 is 15.3 Å². The Bertz CT molecular complexity index is 465. The minimum Gasteiger partial charge on any atom is -0.467 e. The highest BCUT2D eigenvalue weighted by Crippen LogP contribution is 2.31. The van der Waals surface area contributed by atoms with Crippen LogP contribution >= 0.6 is 0 Å². The molecular formula is C14H17NO2. The zero-order valence-electron chi connectivity index (χ0n) is 9.84. The summed E-state index contributed by atoms with van der Waals surface area (Å²) >= 11 is 0. The Balaban J connectivity index is 2.31. The Labute approximate surface area is 101 Å². The van der Waals surface area contributed by atoms with Crippen LogP contribution in [-0.4, -0.2) is 11.7 Å². The number of aliphatic hydroxyl groups excluding tert-OH is 1. The van der Waals surface area contributed by atoms with Crippen LogP contribution in [0.1, 0.15) is 28.9 Å². The van der Waals surface area contributed by atoms with Crippen LogP contribution in [0.5, 0.6) is 0 Å². The second-order valence-corrected chi connectivity index (χ2v) is 4.16. The van der Waals surface area contributed by atoms with E-state index in [-0.39, 0.29) is 5.92 Å². The van der Waals surface area contributed by atoms with E-state index in [0.717, 1.165) is 11.1 Å². The van der Waals surface area contributed by atoms with Crippen molar-refractivity contribution in [1.29, 1.82) is 0 Å². The van der Waals surface area contributed by atoms with Crippen molar-refractivity contribution < 1.29 is 9.52 Å². The molecule has 0 saturated heterocycles. The summed E-state index contributed by atoms with van der Waals surface area (Å²) in [5.74, 6) is 0.422. The molecule has 90 valence electrons. The Hall–Kier alpha value is -1.58. The van der Waals surface area contributed by atoms with E-state index in [9.17, 15) is 5.11 Å². The van der Waals surface area contributed by atoms with Crippen LogP contribution in [0.2, 0.25) is 0 Å². The first-order chi connectivity index (χ1) is 8.24. The van der Waals surface area contributed by atoms with Crippen molar-refractivity contribution in [2.75, 3.05) is 6.54 Å². The monoisotopic (exact) mass is 231 g/mol. The number of nitrogens with two attached hydrogens (primary N) is 1. The van der Waals surface area contributed by atoms with Gasteiger partial charge in [-0.2, -0.15) is 0 Å². The van der Waals surface area contributed by atoms with Gasteiger partial charge in [-0.25, -0.2) is 0 Å². The lowest BCUT2D eigenvalue weighted by molar-refractivity contribution is 0.121. The van der Waals surface area contributed by atoms with Gasteiger partial charge in [0.1, 0.15) is 11.9 Å². The summed E-state index contributed by atoms with van der Waals surface area (Å²) < 4.78 is 5.23. The fraction of sp³-hybridized carbons (Fsp3) is 0.286. The number of aliphatic hydroxyl groups is 1. The molecule has 1 aromatic carbocycles. The second-order valence-electron chi connectivity index (χ2n) is 4.16. The molecule has 0 bridgehead atoms. The van der Waals surface area contributed by atoms with Crippen LogP contribution < -0.4 is 5.73 Å². The summed E-state index contributed by atoms with van der Waals surface area (Å²) in [6.07, 6.45) is 0.861. The SMILES string of the molecule is Cc1ccccc1C(CN)C(O)c1ccco1. The van der Waals surface area contributed by atoms with Crippen LogP contribution in [0.3, 0.4) is 0 Å². The molecule has 0 aliphatic rings. The standard InChI is InChI=1S/C14H17NO2/c1-10-5-2-3-6-11(10)12(9-15)14(16)13-7-4-8-17-13/h2-8,12,14,16H,9,15H2,1H3. The summed E-state index contributed by atoms with van der Waals surface area (Å²) in [5.41, 5.74) is 7.98. The molecule has 1 heterocycles. The largest absolute Gasteiger partial charge is 0.467 e. The van der Waals surface area contributed by atoms with Crippen molar-refractivity contribution in [3.63, 3.8) is 0 Å². The second kappa shape index (κ2) is 5.17. The van der Waals surface area contributed by atoms with E-state index in [1.54, 1.807) is 18.4 Å². The Morgan fingerprint density at radius 1 is 1.24 bits per heavy atom. The smallest absolute Gasteiger partial charge is 0.132 e. The maximum atomic E-state index is 10.3. The molecule has 2 rings (SSSR count). The molecule has 0 fully saturated rings. The van der Waals surface area contributed by atoms with Crippen LogP contribution in [0.25, 0.3) is 0 Å². The van der Waals surface area contributed by atoms with Crippen LogP contribution in [0.4, 0.5) is 0 Å². The highest BCUT2D eigenvalue weighted by atomic mass is 16.4. The van der Waals surface area contributed by atoms with Crippen molar-refractivity contribution in [3.8, 4) is 0 Å². The molecule has 0 saturated carbocycles. The predicted octanol–water partition coefficient (Wildman–Crippen LogP) is 2.36. The average molecular weight is 231 g/mol. The molecule has 1 aromatic heterocycles. The van der Waals surface area contributed by atoms with Crippen LogP contribution in [0.15, 0.2) is 47.1 Å². The summed E-state index contributed by atoms with van der Waals surface area (Å²) in [7, 11) is 0. The number of hydrogen-bond donors (Lipinski definition) is 2. The fourth-order valence-corrected chi connectivity index (χ4v) is 2.09. The molecule has 17 heavy (non-hydrogen) atoms. The van der Waals surface area contributed by atoms with Gasteiger partial charge in [0.05, 0.1) is 6.26 Å². The highest BCUT2D eigenvalue weighted by molar-refractivity contribution is 5.31. The van der Waals surface area contributed by atoms with Gasteiger partial charge >= 0.3 is 0 Å². The van der Waals surface area contributed by atoms with Crippen molar-refractivity contribution >= 4 is 0 Å². The Morgan fingerprint density at radius 2 is 2.00 bits per heavy atom. The number of furan rings is 1. The lowest BCUT2D eigenvalue weighted by Crippen LogP contribution is -2.20. The summed E-state index contributed by atoms with van der Waals surface area (Å²) in [6, 6.07) is 11.5. The molecule has 3 heteroatoms. The molecule has 3 nitrogen and oxygen atoms in total. The van der Waals surface area contributed by atoms with Gasteiger partial charge in [-0.3, -0.25) is 0 Å². The van der Waals surface area contributed by atoms with Gasteiger partial charge in [0.25, 0.3) is 0 Å². The number of benzene rings is 1. The van der Waals surface area contributed by atoms with E-state index >= 15 is 0 Å².